The molecular formula is C19H16O3. The van der Waals surface area contributed by atoms with Gasteiger partial charge in [0.25, 0.3) is 0 Å². The molecule has 0 saturated carbocycles. The van der Waals surface area contributed by atoms with Gasteiger partial charge in [0.1, 0.15) is 5.60 Å². The number of aromatic carboxylic acids is 1. The fourth-order valence-corrected chi connectivity index (χ4v) is 2.81. The summed E-state index contributed by atoms with van der Waals surface area (Å²) < 4.78 is 0. The summed E-state index contributed by atoms with van der Waals surface area (Å²) >= 11 is 0. The van der Waals surface area contributed by atoms with Crippen molar-refractivity contribution in [2.45, 2.75) is 11.5 Å². The highest BCUT2D eigenvalue weighted by Crippen LogP contribution is 2.41. The van der Waals surface area contributed by atoms with Gasteiger partial charge in [-0.3, -0.25) is 0 Å². The lowest BCUT2D eigenvalue weighted by molar-refractivity contribution is 0.0686. The van der Waals surface area contributed by atoms with Crippen LogP contribution in [0.4, 0.5) is 0 Å². The standard InChI is InChI=1S/C19H16O3/c20-18(21)15-9-11-16(12-10-15)19(22)13-5-4-8-17(19)14-6-2-1-3-7-14/h1-13,17,22H,(H,20,21). The first-order valence-corrected chi connectivity index (χ1v) is 7.08. The molecule has 0 aliphatic heterocycles. The molecule has 3 nitrogen and oxygen atoms in total. The average Bonchev–Trinajstić information content (AvgIpc) is 2.56. The minimum absolute atomic E-state index is 0.207. The molecule has 2 N–H and O–H groups in total. The third-order valence-electron chi connectivity index (χ3n) is 3.99. The summed E-state index contributed by atoms with van der Waals surface area (Å²) in [5, 5.41) is 20.2. The summed E-state index contributed by atoms with van der Waals surface area (Å²) in [5.74, 6) is -1.19. The third kappa shape index (κ3) is 2.47. The summed E-state index contributed by atoms with van der Waals surface area (Å²) in [4.78, 5) is 11.0. The highest BCUT2D eigenvalue weighted by molar-refractivity contribution is 5.87. The van der Waals surface area contributed by atoms with Crippen molar-refractivity contribution in [3.8, 4) is 0 Å². The van der Waals surface area contributed by atoms with Gasteiger partial charge in [-0.15, -0.1) is 0 Å². The normalized spacial score (nSPS) is 23.4. The van der Waals surface area contributed by atoms with E-state index in [2.05, 4.69) is 0 Å². The first-order valence-electron chi connectivity index (χ1n) is 7.08. The number of carboxylic acids is 1. The molecule has 2 atom stereocenters. The summed E-state index contributed by atoms with van der Waals surface area (Å²) in [5.41, 5.74) is 0.700. The summed E-state index contributed by atoms with van der Waals surface area (Å²) in [6, 6.07) is 16.1. The largest absolute Gasteiger partial charge is 0.478 e. The molecule has 2 unspecified atom stereocenters. The maximum atomic E-state index is 11.2. The molecule has 1 aliphatic rings. The summed E-state index contributed by atoms with van der Waals surface area (Å²) in [7, 11) is 0. The highest BCUT2D eigenvalue weighted by Gasteiger charge is 2.36. The van der Waals surface area contributed by atoms with Crippen LogP contribution in [0.2, 0.25) is 0 Å². The Hall–Kier alpha value is -2.65. The van der Waals surface area contributed by atoms with Crippen LogP contribution in [0, 0.1) is 0 Å². The van der Waals surface area contributed by atoms with Crippen LogP contribution in [-0.4, -0.2) is 16.2 Å². The summed E-state index contributed by atoms with van der Waals surface area (Å²) in [6.45, 7) is 0. The Morgan fingerprint density at radius 1 is 0.955 bits per heavy atom. The van der Waals surface area contributed by atoms with Crippen LogP contribution in [0.15, 0.2) is 78.9 Å². The summed E-state index contributed by atoms with van der Waals surface area (Å²) in [6.07, 6.45) is 7.43. The first kappa shape index (κ1) is 14.3. The van der Waals surface area contributed by atoms with Crippen molar-refractivity contribution in [3.63, 3.8) is 0 Å². The lowest BCUT2D eigenvalue weighted by Gasteiger charge is -2.34. The molecule has 2 aromatic carbocycles. The van der Waals surface area contributed by atoms with Crippen LogP contribution in [0.1, 0.15) is 27.4 Å². The van der Waals surface area contributed by atoms with E-state index in [1.165, 1.54) is 12.1 Å². The van der Waals surface area contributed by atoms with Crippen LogP contribution >= 0.6 is 0 Å². The monoisotopic (exact) mass is 292 g/mol. The molecule has 0 heterocycles. The fourth-order valence-electron chi connectivity index (χ4n) is 2.81. The van der Waals surface area contributed by atoms with E-state index in [0.717, 1.165) is 5.56 Å². The third-order valence-corrected chi connectivity index (χ3v) is 3.99. The molecule has 3 rings (SSSR count). The minimum Gasteiger partial charge on any atom is -0.478 e. The molecule has 3 heteroatoms. The zero-order valence-corrected chi connectivity index (χ0v) is 11.9. The van der Waals surface area contributed by atoms with E-state index >= 15 is 0 Å². The molecule has 1 aliphatic carbocycles. The number of carboxylic acid groups (broad SMARTS) is 1. The fraction of sp³-hybridized carbons (Fsp3) is 0.105. The van der Waals surface area contributed by atoms with Gasteiger partial charge in [0, 0.05) is 5.92 Å². The van der Waals surface area contributed by atoms with E-state index in [4.69, 9.17) is 5.11 Å². The molecule has 0 bridgehead atoms. The molecule has 0 radical (unpaired) electrons. The lowest BCUT2D eigenvalue weighted by Crippen LogP contribution is -2.31. The van der Waals surface area contributed by atoms with Crippen molar-refractivity contribution in [3.05, 3.63) is 95.6 Å². The Morgan fingerprint density at radius 3 is 2.27 bits per heavy atom. The smallest absolute Gasteiger partial charge is 0.335 e. The quantitative estimate of drug-likeness (QED) is 0.910. The topological polar surface area (TPSA) is 57.5 Å². The molecule has 0 spiro atoms. The maximum Gasteiger partial charge on any atom is 0.335 e. The molecule has 0 amide bonds. The van der Waals surface area contributed by atoms with E-state index in [1.54, 1.807) is 18.2 Å². The van der Waals surface area contributed by atoms with E-state index in [9.17, 15) is 9.90 Å². The number of rotatable bonds is 3. The zero-order chi connectivity index (χ0) is 15.6. The lowest BCUT2D eigenvalue weighted by atomic mass is 9.75. The zero-order valence-electron chi connectivity index (χ0n) is 11.9. The first-order chi connectivity index (χ1) is 10.6. The number of aliphatic hydroxyl groups is 1. The molecule has 2 aromatic rings. The van der Waals surface area contributed by atoms with Crippen molar-refractivity contribution in [1.29, 1.82) is 0 Å². The Labute approximate surface area is 128 Å². The predicted molar refractivity (Wildman–Crippen MR) is 84.8 cm³/mol. The van der Waals surface area contributed by atoms with Crippen LogP contribution in [0.3, 0.4) is 0 Å². The highest BCUT2D eigenvalue weighted by atomic mass is 16.4. The minimum atomic E-state index is -1.19. The van der Waals surface area contributed by atoms with Crippen molar-refractivity contribution in [2.75, 3.05) is 0 Å². The van der Waals surface area contributed by atoms with Gasteiger partial charge in [-0.25, -0.2) is 4.79 Å². The van der Waals surface area contributed by atoms with Gasteiger partial charge >= 0.3 is 5.97 Å². The van der Waals surface area contributed by atoms with Gasteiger partial charge in [0.15, 0.2) is 0 Å². The van der Waals surface area contributed by atoms with Gasteiger partial charge < -0.3 is 10.2 Å². The van der Waals surface area contributed by atoms with Gasteiger partial charge in [-0.1, -0.05) is 60.7 Å². The molecule has 0 fully saturated rings. The van der Waals surface area contributed by atoms with Crippen molar-refractivity contribution >= 4 is 5.97 Å². The van der Waals surface area contributed by atoms with Gasteiger partial charge in [0.2, 0.25) is 0 Å². The Morgan fingerprint density at radius 2 is 1.64 bits per heavy atom. The van der Waals surface area contributed by atoms with E-state index in [1.807, 2.05) is 48.6 Å². The van der Waals surface area contributed by atoms with Crippen LogP contribution in [-0.2, 0) is 5.60 Å². The predicted octanol–water partition coefficient (Wildman–Crippen LogP) is 3.48. The van der Waals surface area contributed by atoms with Crippen molar-refractivity contribution in [1.82, 2.24) is 0 Å². The second-order valence-electron chi connectivity index (χ2n) is 5.34. The van der Waals surface area contributed by atoms with E-state index in [0.29, 0.717) is 5.56 Å². The molecule has 22 heavy (non-hydrogen) atoms. The average molecular weight is 292 g/mol. The molecule has 0 aromatic heterocycles. The second-order valence-corrected chi connectivity index (χ2v) is 5.34. The van der Waals surface area contributed by atoms with Crippen molar-refractivity contribution < 1.29 is 15.0 Å². The van der Waals surface area contributed by atoms with Crippen molar-refractivity contribution in [2.24, 2.45) is 0 Å². The maximum absolute atomic E-state index is 11.2. The van der Waals surface area contributed by atoms with Gasteiger partial charge in [0.05, 0.1) is 5.56 Å². The number of carbonyl (C=O) groups is 1. The SMILES string of the molecule is O=C(O)c1ccc(C2(O)C=CC=CC2c2ccccc2)cc1. The van der Waals surface area contributed by atoms with Crippen LogP contribution in [0.5, 0.6) is 0 Å². The van der Waals surface area contributed by atoms with Gasteiger partial charge in [-0.05, 0) is 29.3 Å². The molecule has 0 saturated heterocycles. The van der Waals surface area contributed by atoms with Crippen LogP contribution < -0.4 is 0 Å². The molecular weight excluding hydrogens is 276 g/mol. The number of allylic oxidation sites excluding steroid dienone is 2. The number of benzene rings is 2. The second kappa shape index (κ2) is 5.62. The Bertz CT molecular complexity index is 729. The Balaban J connectivity index is 2.03. The van der Waals surface area contributed by atoms with E-state index in [-0.39, 0.29) is 11.5 Å². The van der Waals surface area contributed by atoms with Gasteiger partial charge in [-0.2, -0.15) is 0 Å². The number of hydrogen-bond donors (Lipinski definition) is 2. The molecule has 110 valence electrons. The Kier molecular flexibility index (Phi) is 3.65. The van der Waals surface area contributed by atoms with Crippen LogP contribution in [0.25, 0.3) is 0 Å². The van der Waals surface area contributed by atoms with E-state index < -0.39 is 11.6 Å². The number of hydrogen-bond acceptors (Lipinski definition) is 2.